The monoisotopic (exact) mass is 652 g/mol. The first-order chi connectivity index (χ1) is 25.3. The van der Waals surface area contributed by atoms with E-state index in [1.165, 1.54) is 32.9 Å². The van der Waals surface area contributed by atoms with E-state index in [4.69, 9.17) is 4.42 Å². The molecule has 0 N–H and O–H groups in total. The summed E-state index contributed by atoms with van der Waals surface area (Å²) < 4.78 is 9.21. The maximum Gasteiger partial charge on any atom is 0.159 e. The Bertz CT molecular complexity index is 2830. The lowest BCUT2D eigenvalue weighted by atomic mass is 10.0. The van der Waals surface area contributed by atoms with E-state index in [0.717, 1.165) is 55.8 Å². The summed E-state index contributed by atoms with van der Waals surface area (Å²) >= 11 is 0. The smallest absolute Gasteiger partial charge is 0.159 e. The van der Waals surface area contributed by atoms with Gasteiger partial charge < -0.3 is 13.9 Å². The van der Waals surface area contributed by atoms with Crippen LogP contribution in [-0.2, 0) is 0 Å². The maximum absolute atomic E-state index is 6.84. The van der Waals surface area contributed by atoms with Crippen molar-refractivity contribution in [1.82, 2.24) is 4.57 Å². The lowest BCUT2D eigenvalue weighted by Gasteiger charge is -2.25. The summed E-state index contributed by atoms with van der Waals surface area (Å²) in [5, 5.41) is 4.68. The number of fused-ring (bicyclic) bond motifs is 6. The first kappa shape index (κ1) is 29.1. The van der Waals surface area contributed by atoms with Crippen molar-refractivity contribution < 1.29 is 4.42 Å². The largest absolute Gasteiger partial charge is 0.454 e. The molecule has 0 bridgehead atoms. The highest BCUT2D eigenvalue weighted by Crippen LogP contribution is 2.43. The van der Waals surface area contributed by atoms with Crippen molar-refractivity contribution in [2.75, 3.05) is 4.90 Å². The van der Waals surface area contributed by atoms with Crippen molar-refractivity contribution in [3.8, 4) is 27.9 Å². The summed E-state index contributed by atoms with van der Waals surface area (Å²) in [5.41, 5.74) is 13.0. The van der Waals surface area contributed by atoms with Gasteiger partial charge in [-0.3, -0.25) is 0 Å². The number of furan rings is 1. The van der Waals surface area contributed by atoms with Crippen LogP contribution in [0.4, 0.5) is 17.1 Å². The van der Waals surface area contributed by atoms with E-state index in [0.29, 0.717) is 0 Å². The van der Waals surface area contributed by atoms with Gasteiger partial charge in [0.1, 0.15) is 5.58 Å². The van der Waals surface area contributed by atoms with Crippen molar-refractivity contribution in [2.24, 2.45) is 0 Å². The molecule has 0 aliphatic carbocycles. The normalized spacial score (nSPS) is 11.5. The van der Waals surface area contributed by atoms with E-state index in [1.807, 2.05) is 0 Å². The predicted octanol–water partition coefficient (Wildman–Crippen LogP) is 13.5. The number of anilines is 3. The standard InChI is InChI=1S/C48H32N2O/c1-4-13-33(14-5-1)34-23-27-39(28-24-34)49(37-15-6-2-7-16-37)45-22-12-20-43-42-30-26-36(32-47(42)51-48(43)45)35-25-29-41-40-19-10-11-21-44(40)50(46(41)31-35)38-17-8-3-9-18-38/h1-32H. The minimum Gasteiger partial charge on any atom is -0.454 e. The molecule has 0 amide bonds. The van der Waals surface area contributed by atoms with Gasteiger partial charge in [0, 0.05) is 38.6 Å². The average Bonchev–Trinajstić information content (AvgIpc) is 3.75. The fourth-order valence-corrected chi connectivity index (χ4v) is 7.58. The van der Waals surface area contributed by atoms with Gasteiger partial charge in [-0.2, -0.15) is 0 Å². The summed E-state index contributed by atoms with van der Waals surface area (Å²) in [6, 6.07) is 68.9. The van der Waals surface area contributed by atoms with Crippen LogP contribution in [0.5, 0.6) is 0 Å². The Morgan fingerprint density at radius 1 is 0.373 bits per heavy atom. The molecule has 0 unspecified atom stereocenters. The van der Waals surface area contributed by atoms with E-state index >= 15 is 0 Å². The second kappa shape index (κ2) is 11.9. The summed E-state index contributed by atoms with van der Waals surface area (Å²) in [6.45, 7) is 0. The quantitative estimate of drug-likeness (QED) is 0.178. The molecule has 240 valence electrons. The van der Waals surface area contributed by atoms with Crippen LogP contribution in [0.15, 0.2) is 199 Å². The van der Waals surface area contributed by atoms with Gasteiger partial charge in [0.25, 0.3) is 0 Å². The molecule has 0 aliphatic heterocycles. The SMILES string of the molecule is c1ccc(-c2ccc(N(c3ccccc3)c3cccc4c3oc3cc(-c5ccc6c7ccccc7n(-c7ccccc7)c6c5)ccc34)cc2)cc1. The first-order valence-electron chi connectivity index (χ1n) is 17.4. The Morgan fingerprint density at radius 3 is 1.73 bits per heavy atom. The number of rotatable bonds is 6. The zero-order valence-corrected chi connectivity index (χ0v) is 27.8. The molecule has 0 radical (unpaired) electrons. The highest BCUT2D eigenvalue weighted by Gasteiger charge is 2.20. The average molecular weight is 653 g/mol. The Morgan fingerprint density at radius 2 is 0.941 bits per heavy atom. The van der Waals surface area contributed by atoms with Crippen molar-refractivity contribution in [2.45, 2.75) is 0 Å². The van der Waals surface area contributed by atoms with Gasteiger partial charge in [-0.05, 0) is 89.0 Å². The number of hydrogen-bond donors (Lipinski definition) is 0. The van der Waals surface area contributed by atoms with Gasteiger partial charge >= 0.3 is 0 Å². The summed E-state index contributed by atoms with van der Waals surface area (Å²) in [4.78, 5) is 2.29. The number of benzene rings is 8. The molecule has 0 aliphatic rings. The van der Waals surface area contributed by atoms with Crippen LogP contribution in [0.3, 0.4) is 0 Å². The minimum absolute atomic E-state index is 0.861. The molecule has 0 fully saturated rings. The maximum atomic E-state index is 6.84. The summed E-state index contributed by atoms with van der Waals surface area (Å²) in [5.74, 6) is 0. The lowest BCUT2D eigenvalue weighted by Crippen LogP contribution is -2.10. The molecule has 0 saturated heterocycles. The first-order valence-corrected chi connectivity index (χ1v) is 17.4. The summed E-state index contributed by atoms with van der Waals surface area (Å²) in [6.07, 6.45) is 0. The zero-order valence-electron chi connectivity index (χ0n) is 27.8. The zero-order chi connectivity index (χ0) is 33.7. The van der Waals surface area contributed by atoms with Gasteiger partial charge in [0.05, 0.1) is 16.7 Å². The van der Waals surface area contributed by atoms with Crippen LogP contribution in [0.25, 0.3) is 71.7 Å². The minimum atomic E-state index is 0.861. The Balaban J connectivity index is 1.11. The van der Waals surface area contributed by atoms with Crippen LogP contribution in [-0.4, -0.2) is 4.57 Å². The van der Waals surface area contributed by atoms with Gasteiger partial charge in [0.15, 0.2) is 5.58 Å². The fraction of sp³-hybridized carbons (Fsp3) is 0. The molecule has 10 rings (SSSR count). The Kier molecular flexibility index (Phi) is 6.81. The van der Waals surface area contributed by atoms with Crippen LogP contribution >= 0.6 is 0 Å². The van der Waals surface area contributed by atoms with Crippen molar-refractivity contribution in [3.63, 3.8) is 0 Å². The number of para-hydroxylation sites is 4. The van der Waals surface area contributed by atoms with Gasteiger partial charge in [0.2, 0.25) is 0 Å². The molecule has 2 aromatic heterocycles. The van der Waals surface area contributed by atoms with Crippen LogP contribution in [0.1, 0.15) is 0 Å². The third-order valence-corrected chi connectivity index (χ3v) is 9.99. The van der Waals surface area contributed by atoms with Crippen LogP contribution < -0.4 is 4.90 Å². The van der Waals surface area contributed by atoms with E-state index in [2.05, 4.69) is 204 Å². The molecule has 0 saturated carbocycles. The Labute approximate surface area is 295 Å². The van der Waals surface area contributed by atoms with Crippen LogP contribution in [0.2, 0.25) is 0 Å². The second-order valence-corrected chi connectivity index (χ2v) is 13.0. The second-order valence-electron chi connectivity index (χ2n) is 13.0. The molecular weight excluding hydrogens is 621 g/mol. The molecule has 8 aromatic carbocycles. The highest BCUT2D eigenvalue weighted by molar-refractivity contribution is 6.12. The topological polar surface area (TPSA) is 21.3 Å². The van der Waals surface area contributed by atoms with E-state index < -0.39 is 0 Å². The molecule has 0 spiro atoms. The number of hydrogen-bond acceptors (Lipinski definition) is 2. The molecule has 10 aromatic rings. The van der Waals surface area contributed by atoms with Crippen molar-refractivity contribution in [3.05, 3.63) is 194 Å². The van der Waals surface area contributed by atoms with E-state index in [-0.39, 0.29) is 0 Å². The molecular formula is C48H32N2O. The predicted molar refractivity (Wildman–Crippen MR) is 214 cm³/mol. The molecule has 2 heterocycles. The summed E-state index contributed by atoms with van der Waals surface area (Å²) in [7, 11) is 0. The molecule has 3 nitrogen and oxygen atoms in total. The Hall–Kier alpha value is -6.84. The number of aromatic nitrogens is 1. The third kappa shape index (κ3) is 4.90. The lowest BCUT2D eigenvalue weighted by molar-refractivity contribution is 0.669. The van der Waals surface area contributed by atoms with E-state index in [9.17, 15) is 0 Å². The third-order valence-electron chi connectivity index (χ3n) is 9.99. The number of nitrogens with zero attached hydrogens (tertiary/aromatic N) is 2. The molecule has 3 heteroatoms. The van der Waals surface area contributed by atoms with Gasteiger partial charge in [-0.25, -0.2) is 0 Å². The molecule has 0 atom stereocenters. The van der Waals surface area contributed by atoms with Crippen molar-refractivity contribution >= 4 is 60.8 Å². The van der Waals surface area contributed by atoms with Crippen LogP contribution in [0, 0.1) is 0 Å². The van der Waals surface area contributed by atoms with E-state index in [1.54, 1.807) is 0 Å². The van der Waals surface area contributed by atoms with Crippen molar-refractivity contribution in [1.29, 1.82) is 0 Å². The fourth-order valence-electron chi connectivity index (χ4n) is 7.58. The molecule has 51 heavy (non-hydrogen) atoms. The highest BCUT2D eigenvalue weighted by atomic mass is 16.3. The van der Waals surface area contributed by atoms with Gasteiger partial charge in [-0.15, -0.1) is 0 Å². The van der Waals surface area contributed by atoms with Gasteiger partial charge in [-0.1, -0.05) is 127 Å².